The SMILES string of the molecule is Cc1cccc(OCCOC(=O)CCNC(=O)c2cccc(C)c2)c1. The molecule has 1 amide bonds. The van der Waals surface area contributed by atoms with Crippen LogP contribution in [0.3, 0.4) is 0 Å². The number of amides is 1. The first kappa shape index (κ1) is 18.5. The molecule has 0 saturated heterocycles. The maximum atomic E-state index is 11.9. The van der Waals surface area contributed by atoms with E-state index in [4.69, 9.17) is 9.47 Å². The van der Waals surface area contributed by atoms with Gasteiger partial charge in [0.25, 0.3) is 5.91 Å². The van der Waals surface area contributed by atoms with Crippen molar-refractivity contribution < 1.29 is 19.1 Å². The zero-order valence-electron chi connectivity index (χ0n) is 14.6. The summed E-state index contributed by atoms with van der Waals surface area (Å²) >= 11 is 0. The molecule has 0 aromatic heterocycles. The van der Waals surface area contributed by atoms with Crippen molar-refractivity contribution in [1.82, 2.24) is 5.32 Å². The molecular formula is C20H23NO4. The Hall–Kier alpha value is -2.82. The van der Waals surface area contributed by atoms with Crippen LogP contribution < -0.4 is 10.1 Å². The van der Waals surface area contributed by atoms with Crippen LogP contribution in [0.5, 0.6) is 5.75 Å². The van der Waals surface area contributed by atoms with E-state index in [1.807, 2.05) is 50.2 Å². The third-order valence-corrected chi connectivity index (χ3v) is 3.50. The highest BCUT2D eigenvalue weighted by atomic mass is 16.6. The fourth-order valence-electron chi connectivity index (χ4n) is 2.26. The van der Waals surface area contributed by atoms with E-state index in [0.29, 0.717) is 12.2 Å². The maximum Gasteiger partial charge on any atom is 0.307 e. The van der Waals surface area contributed by atoms with Crippen molar-refractivity contribution in [2.45, 2.75) is 20.3 Å². The van der Waals surface area contributed by atoms with E-state index >= 15 is 0 Å². The number of hydrogen-bond acceptors (Lipinski definition) is 4. The van der Waals surface area contributed by atoms with Gasteiger partial charge in [0, 0.05) is 12.1 Å². The van der Waals surface area contributed by atoms with E-state index in [-0.39, 0.29) is 31.4 Å². The van der Waals surface area contributed by atoms with Crippen LogP contribution in [0, 0.1) is 13.8 Å². The molecule has 0 heterocycles. The van der Waals surface area contributed by atoms with Gasteiger partial charge in [-0.25, -0.2) is 0 Å². The van der Waals surface area contributed by atoms with Crippen molar-refractivity contribution in [1.29, 1.82) is 0 Å². The third kappa shape index (κ3) is 6.67. The molecule has 0 saturated carbocycles. The summed E-state index contributed by atoms with van der Waals surface area (Å²) in [4.78, 5) is 23.6. The number of hydrogen-bond donors (Lipinski definition) is 1. The summed E-state index contributed by atoms with van der Waals surface area (Å²) in [5.41, 5.74) is 2.71. The first-order valence-corrected chi connectivity index (χ1v) is 8.24. The van der Waals surface area contributed by atoms with E-state index in [1.54, 1.807) is 12.1 Å². The van der Waals surface area contributed by atoms with E-state index in [2.05, 4.69) is 5.32 Å². The minimum atomic E-state index is -0.364. The first-order chi connectivity index (χ1) is 12.0. The van der Waals surface area contributed by atoms with Crippen LogP contribution >= 0.6 is 0 Å². The van der Waals surface area contributed by atoms with Gasteiger partial charge in [-0.05, 0) is 43.7 Å². The van der Waals surface area contributed by atoms with E-state index < -0.39 is 0 Å². The van der Waals surface area contributed by atoms with Crippen LogP contribution in [0.1, 0.15) is 27.9 Å². The van der Waals surface area contributed by atoms with Gasteiger partial charge in [-0.2, -0.15) is 0 Å². The average molecular weight is 341 g/mol. The van der Waals surface area contributed by atoms with Crippen LogP contribution in [0.15, 0.2) is 48.5 Å². The van der Waals surface area contributed by atoms with Crippen LogP contribution in [0.4, 0.5) is 0 Å². The van der Waals surface area contributed by atoms with Crippen LogP contribution in [-0.2, 0) is 9.53 Å². The Bertz CT molecular complexity index is 727. The van der Waals surface area contributed by atoms with Crippen LogP contribution in [0.2, 0.25) is 0 Å². The van der Waals surface area contributed by atoms with Gasteiger partial charge in [0.2, 0.25) is 0 Å². The molecule has 0 aliphatic carbocycles. The lowest BCUT2D eigenvalue weighted by Gasteiger charge is -2.08. The van der Waals surface area contributed by atoms with Crippen LogP contribution in [-0.4, -0.2) is 31.6 Å². The fraction of sp³-hybridized carbons (Fsp3) is 0.300. The summed E-state index contributed by atoms with van der Waals surface area (Å²) in [6, 6.07) is 15.0. The lowest BCUT2D eigenvalue weighted by Crippen LogP contribution is -2.27. The normalized spacial score (nSPS) is 10.2. The predicted molar refractivity (Wildman–Crippen MR) is 95.8 cm³/mol. The Morgan fingerprint density at radius 3 is 2.40 bits per heavy atom. The van der Waals surface area contributed by atoms with Crippen molar-refractivity contribution in [3.05, 3.63) is 65.2 Å². The largest absolute Gasteiger partial charge is 0.490 e. The summed E-state index contributed by atoms with van der Waals surface area (Å²) in [6.07, 6.45) is 0.127. The number of esters is 1. The second-order valence-electron chi connectivity index (χ2n) is 5.76. The molecule has 132 valence electrons. The Morgan fingerprint density at radius 2 is 1.68 bits per heavy atom. The van der Waals surface area contributed by atoms with E-state index in [0.717, 1.165) is 16.9 Å². The van der Waals surface area contributed by atoms with Crippen LogP contribution in [0.25, 0.3) is 0 Å². The van der Waals surface area contributed by atoms with Gasteiger partial charge in [-0.1, -0.05) is 29.8 Å². The average Bonchev–Trinajstić information content (AvgIpc) is 2.59. The molecule has 0 atom stereocenters. The smallest absolute Gasteiger partial charge is 0.307 e. The molecule has 0 bridgehead atoms. The third-order valence-electron chi connectivity index (χ3n) is 3.50. The highest BCUT2D eigenvalue weighted by molar-refractivity contribution is 5.94. The highest BCUT2D eigenvalue weighted by Gasteiger charge is 2.07. The van der Waals surface area contributed by atoms with Crippen molar-refractivity contribution in [2.24, 2.45) is 0 Å². The molecule has 0 fully saturated rings. The number of ether oxygens (including phenoxy) is 2. The van der Waals surface area contributed by atoms with Gasteiger partial charge < -0.3 is 14.8 Å². The minimum absolute atomic E-state index is 0.127. The van der Waals surface area contributed by atoms with E-state index in [9.17, 15) is 9.59 Å². The molecule has 5 heteroatoms. The quantitative estimate of drug-likeness (QED) is 0.592. The summed E-state index contributed by atoms with van der Waals surface area (Å²) in [6.45, 7) is 4.62. The van der Waals surface area contributed by atoms with Crippen molar-refractivity contribution in [2.75, 3.05) is 19.8 Å². The number of nitrogens with one attached hydrogen (secondary N) is 1. The Morgan fingerprint density at radius 1 is 0.960 bits per heavy atom. The van der Waals surface area contributed by atoms with Gasteiger partial charge >= 0.3 is 5.97 Å². The molecule has 2 aromatic rings. The molecule has 1 N–H and O–H groups in total. The molecule has 5 nitrogen and oxygen atoms in total. The summed E-state index contributed by atoms with van der Waals surface area (Å²) in [5.74, 6) is 0.193. The molecule has 0 spiro atoms. The van der Waals surface area contributed by atoms with Crippen molar-refractivity contribution in [3.8, 4) is 5.75 Å². The van der Waals surface area contributed by atoms with Gasteiger partial charge in [-0.3, -0.25) is 9.59 Å². The zero-order valence-corrected chi connectivity index (χ0v) is 14.6. The Balaban J connectivity index is 1.60. The van der Waals surface area contributed by atoms with Gasteiger partial charge in [-0.15, -0.1) is 0 Å². The number of carbonyl (C=O) groups excluding carboxylic acids is 2. The number of carbonyl (C=O) groups is 2. The molecule has 0 radical (unpaired) electrons. The molecule has 2 aromatic carbocycles. The lowest BCUT2D eigenvalue weighted by molar-refractivity contribution is -0.144. The van der Waals surface area contributed by atoms with Gasteiger partial charge in [0.15, 0.2) is 0 Å². The standard InChI is InChI=1S/C20H23NO4/c1-15-5-3-7-17(13-15)20(23)21-10-9-19(22)25-12-11-24-18-8-4-6-16(2)14-18/h3-8,13-14H,9-12H2,1-2H3,(H,21,23). The Kier molecular flexibility index (Phi) is 7.01. The van der Waals surface area contributed by atoms with Crippen molar-refractivity contribution in [3.63, 3.8) is 0 Å². The lowest BCUT2D eigenvalue weighted by atomic mass is 10.1. The van der Waals surface area contributed by atoms with Gasteiger partial charge in [0.05, 0.1) is 6.42 Å². The number of aryl methyl sites for hydroxylation is 2. The molecule has 0 aliphatic heterocycles. The van der Waals surface area contributed by atoms with Gasteiger partial charge in [0.1, 0.15) is 19.0 Å². The summed E-state index contributed by atoms with van der Waals surface area (Å²) < 4.78 is 10.6. The summed E-state index contributed by atoms with van der Waals surface area (Å²) in [5, 5.41) is 2.71. The second-order valence-corrected chi connectivity index (χ2v) is 5.76. The monoisotopic (exact) mass is 341 g/mol. The molecule has 0 unspecified atom stereocenters. The number of benzene rings is 2. The molecule has 2 rings (SSSR count). The Labute approximate surface area is 148 Å². The number of rotatable bonds is 8. The zero-order chi connectivity index (χ0) is 18.1. The second kappa shape index (κ2) is 9.47. The topological polar surface area (TPSA) is 64.6 Å². The minimum Gasteiger partial charge on any atom is -0.490 e. The summed E-state index contributed by atoms with van der Waals surface area (Å²) in [7, 11) is 0. The maximum absolute atomic E-state index is 11.9. The highest BCUT2D eigenvalue weighted by Crippen LogP contribution is 2.11. The molecule has 0 aliphatic rings. The first-order valence-electron chi connectivity index (χ1n) is 8.24. The fourth-order valence-corrected chi connectivity index (χ4v) is 2.26. The van der Waals surface area contributed by atoms with Crippen molar-refractivity contribution >= 4 is 11.9 Å². The van der Waals surface area contributed by atoms with E-state index in [1.165, 1.54) is 0 Å². The molecular weight excluding hydrogens is 318 g/mol. The predicted octanol–water partition coefficient (Wildman–Crippen LogP) is 3.05. The molecule has 25 heavy (non-hydrogen) atoms.